The topological polar surface area (TPSA) is 15.3 Å². The lowest BCUT2D eigenvalue weighted by atomic mass is 10.1. The molecule has 0 aromatic heterocycles. The van der Waals surface area contributed by atoms with Gasteiger partial charge in [-0.2, -0.15) is 0 Å². The molecule has 2 aromatic rings. The molecule has 24 heavy (non-hydrogen) atoms. The SMILES string of the molecule is CC(C)N(Cc1ccccc1)Cc1cccc(CNC(C)(C)C)c1. The van der Waals surface area contributed by atoms with Crippen molar-refractivity contribution in [2.75, 3.05) is 0 Å². The Balaban J connectivity index is 2.04. The van der Waals surface area contributed by atoms with E-state index < -0.39 is 0 Å². The molecule has 0 radical (unpaired) electrons. The highest BCUT2D eigenvalue weighted by Crippen LogP contribution is 2.15. The number of nitrogens with zero attached hydrogens (tertiary/aromatic N) is 1. The first-order valence-electron chi connectivity index (χ1n) is 8.94. The Kier molecular flexibility index (Phi) is 6.59. The van der Waals surface area contributed by atoms with Crippen molar-refractivity contribution in [3.8, 4) is 0 Å². The molecule has 0 amide bonds. The molecule has 2 rings (SSSR count). The molecule has 0 spiro atoms. The normalized spacial score (nSPS) is 12.1. The number of nitrogens with one attached hydrogen (secondary N) is 1. The van der Waals surface area contributed by atoms with Crippen LogP contribution in [0.1, 0.15) is 51.3 Å². The Morgan fingerprint density at radius 3 is 2.04 bits per heavy atom. The Morgan fingerprint density at radius 1 is 0.833 bits per heavy atom. The van der Waals surface area contributed by atoms with E-state index in [0.717, 1.165) is 19.6 Å². The van der Waals surface area contributed by atoms with Crippen LogP contribution in [0.15, 0.2) is 54.6 Å². The zero-order valence-corrected chi connectivity index (χ0v) is 15.8. The molecule has 0 unspecified atom stereocenters. The molecule has 0 aliphatic rings. The summed E-state index contributed by atoms with van der Waals surface area (Å²) >= 11 is 0. The van der Waals surface area contributed by atoms with Crippen molar-refractivity contribution >= 4 is 0 Å². The fourth-order valence-corrected chi connectivity index (χ4v) is 2.68. The van der Waals surface area contributed by atoms with Gasteiger partial charge in [0.1, 0.15) is 0 Å². The molecule has 0 fully saturated rings. The maximum Gasteiger partial charge on any atom is 0.0240 e. The van der Waals surface area contributed by atoms with Crippen LogP contribution in [0.5, 0.6) is 0 Å². The van der Waals surface area contributed by atoms with E-state index in [1.54, 1.807) is 0 Å². The highest BCUT2D eigenvalue weighted by Gasteiger charge is 2.12. The van der Waals surface area contributed by atoms with Crippen LogP contribution in [0.3, 0.4) is 0 Å². The van der Waals surface area contributed by atoms with Crippen molar-refractivity contribution < 1.29 is 0 Å². The third-order valence-electron chi connectivity index (χ3n) is 4.16. The first-order valence-corrected chi connectivity index (χ1v) is 8.94. The summed E-state index contributed by atoms with van der Waals surface area (Å²) in [7, 11) is 0. The standard InChI is InChI=1S/C22H32N2/c1-18(2)24(16-19-10-7-6-8-11-19)17-21-13-9-12-20(14-21)15-23-22(3,4)5/h6-14,18,23H,15-17H2,1-5H3. The Bertz CT molecular complexity index is 611. The summed E-state index contributed by atoms with van der Waals surface area (Å²) < 4.78 is 0. The van der Waals surface area contributed by atoms with Crippen LogP contribution in [0.4, 0.5) is 0 Å². The first-order chi connectivity index (χ1) is 11.3. The van der Waals surface area contributed by atoms with E-state index in [9.17, 15) is 0 Å². The molecule has 130 valence electrons. The van der Waals surface area contributed by atoms with Crippen molar-refractivity contribution in [2.45, 2.75) is 65.8 Å². The molecule has 0 saturated heterocycles. The predicted octanol–water partition coefficient (Wildman–Crippen LogP) is 4.99. The average Bonchev–Trinajstić information content (AvgIpc) is 2.53. The van der Waals surface area contributed by atoms with E-state index in [0.29, 0.717) is 6.04 Å². The molecule has 1 N–H and O–H groups in total. The van der Waals surface area contributed by atoms with E-state index in [-0.39, 0.29) is 5.54 Å². The summed E-state index contributed by atoms with van der Waals surface area (Å²) in [6.07, 6.45) is 0. The number of rotatable bonds is 7. The van der Waals surface area contributed by atoms with Gasteiger partial charge in [0.05, 0.1) is 0 Å². The second kappa shape index (κ2) is 8.46. The largest absolute Gasteiger partial charge is 0.308 e. The molecule has 2 nitrogen and oxygen atoms in total. The van der Waals surface area contributed by atoms with E-state index in [1.807, 2.05) is 0 Å². The summed E-state index contributed by atoms with van der Waals surface area (Å²) in [6, 6.07) is 20.2. The van der Waals surface area contributed by atoms with Gasteiger partial charge in [-0.3, -0.25) is 4.90 Å². The number of benzene rings is 2. The molecular weight excluding hydrogens is 292 g/mol. The highest BCUT2D eigenvalue weighted by atomic mass is 15.1. The van der Waals surface area contributed by atoms with Gasteiger partial charge in [-0.05, 0) is 51.3 Å². The summed E-state index contributed by atoms with van der Waals surface area (Å²) in [6.45, 7) is 14.0. The van der Waals surface area contributed by atoms with Crippen LogP contribution < -0.4 is 5.32 Å². The minimum Gasteiger partial charge on any atom is -0.308 e. The monoisotopic (exact) mass is 324 g/mol. The lowest BCUT2D eigenvalue weighted by molar-refractivity contribution is 0.203. The van der Waals surface area contributed by atoms with Crippen LogP contribution in [0, 0.1) is 0 Å². The number of hydrogen-bond acceptors (Lipinski definition) is 2. The van der Waals surface area contributed by atoms with Crippen LogP contribution in [-0.2, 0) is 19.6 Å². The molecular formula is C22H32N2. The van der Waals surface area contributed by atoms with Gasteiger partial charge in [-0.15, -0.1) is 0 Å². The van der Waals surface area contributed by atoms with E-state index in [4.69, 9.17) is 0 Å². The second-order valence-corrected chi connectivity index (χ2v) is 7.91. The zero-order valence-electron chi connectivity index (χ0n) is 15.8. The van der Waals surface area contributed by atoms with Gasteiger partial charge in [0.15, 0.2) is 0 Å². The second-order valence-electron chi connectivity index (χ2n) is 7.91. The van der Waals surface area contributed by atoms with Gasteiger partial charge in [0, 0.05) is 31.2 Å². The molecule has 0 aliphatic carbocycles. The van der Waals surface area contributed by atoms with Crippen molar-refractivity contribution in [3.63, 3.8) is 0 Å². The van der Waals surface area contributed by atoms with Crippen molar-refractivity contribution in [2.24, 2.45) is 0 Å². The first kappa shape index (κ1) is 18.7. The fourth-order valence-electron chi connectivity index (χ4n) is 2.68. The maximum absolute atomic E-state index is 3.57. The van der Waals surface area contributed by atoms with Crippen LogP contribution in [0.2, 0.25) is 0 Å². The van der Waals surface area contributed by atoms with Gasteiger partial charge >= 0.3 is 0 Å². The van der Waals surface area contributed by atoms with Gasteiger partial charge in [-0.1, -0.05) is 54.6 Å². The third kappa shape index (κ3) is 6.46. The van der Waals surface area contributed by atoms with E-state index in [1.165, 1.54) is 16.7 Å². The minimum absolute atomic E-state index is 0.146. The summed E-state index contributed by atoms with van der Waals surface area (Å²) in [5, 5.41) is 3.57. The highest BCUT2D eigenvalue weighted by molar-refractivity contribution is 5.24. The smallest absolute Gasteiger partial charge is 0.0240 e. The van der Waals surface area contributed by atoms with Gasteiger partial charge < -0.3 is 5.32 Å². The lowest BCUT2D eigenvalue weighted by Crippen LogP contribution is -2.35. The Hall–Kier alpha value is -1.64. The van der Waals surface area contributed by atoms with Crippen LogP contribution >= 0.6 is 0 Å². The van der Waals surface area contributed by atoms with Crippen molar-refractivity contribution in [3.05, 3.63) is 71.3 Å². The molecule has 0 saturated carbocycles. The van der Waals surface area contributed by atoms with Gasteiger partial charge in [-0.25, -0.2) is 0 Å². The third-order valence-corrected chi connectivity index (χ3v) is 4.16. The lowest BCUT2D eigenvalue weighted by Gasteiger charge is -2.27. The fraction of sp³-hybridized carbons (Fsp3) is 0.455. The molecule has 2 heteroatoms. The summed E-state index contributed by atoms with van der Waals surface area (Å²) in [5.41, 5.74) is 4.25. The molecule has 0 atom stereocenters. The van der Waals surface area contributed by atoms with E-state index >= 15 is 0 Å². The maximum atomic E-state index is 3.57. The molecule has 0 bridgehead atoms. The van der Waals surface area contributed by atoms with Gasteiger partial charge in [0.2, 0.25) is 0 Å². The van der Waals surface area contributed by atoms with Crippen LogP contribution in [0.25, 0.3) is 0 Å². The Morgan fingerprint density at radius 2 is 1.42 bits per heavy atom. The molecule has 0 aliphatic heterocycles. The quantitative estimate of drug-likeness (QED) is 0.772. The Labute approximate surface area is 147 Å². The predicted molar refractivity (Wildman–Crippen MR) is 104 cm³/mol. The van der Waals surface area contributed by atoms with Crippen molar-refractivity contribution in [1.82, 2.24) is 10.2 Å². The van der Waals surface area contributed by atoms with Crippen molar-refractivity contribution in [1.29, 1.82) is 0 Å². The van der Waals surface area contributed by atoms with E-state index in [2.05, 4.69) is 99.4 Å². The molecule has 2 aromatic carbocycles. The summed E-state index contributed by atoms with van der Waals surface area (Å²) in [5.74, 6) is 0. The average molecular weight is 325 g/mol. The summed E-state index contributed by atoms with van der Waals surface area (Å²) in [4.78, 5) is 2.52. The van der Waals surface area contributed by atoms with Crippen LogP contribution in [-0.4, -0.2) is 16.5 Å². The minimum atomic E-state index is 0.146. The number of hydrogen-bond donors (Lipinski definition) is 1. The van der Waals surface area contributed by atoms with Gasteiger partial charge in [0.25, 0.3) is 0 Å². The molecule has 0 heterocycles. The zero-order chi connectivity index (χ0) is 17.6.